The van der Waals surface area contributed by atoms with Crippen molar-refractivity contribution < 1.29 is 4.79 Å². The number of unbranched alkanes of at least 4 members (excludes halogenated alkanes) is 28. The highest BCUT2D eigenvalue weighted by Crippen LogP contribution is 2.16. The molecule has 0 bridgehead atoms. The van der Waals surface area contributed by atoms with E-state index in [1.54, 1.807) is 0 Å². The Morgan fingerprint density at radius 3 is 0.952 bits per heavy atom. The van der Waals surface area contributed by atoms with Crippen molar-refractivity contribution in [3.8, 4) is 0 Å². The van der Waals surface area contributed by atoms with E-state index < -0.39 is 0 Å². The fourth-order valence-electron chi connectivity index (χ4n) is 6.01. The Kier molecular flexibility index (Phi) is 37.4. The van der Waals surface area contributed by atoms with Crippen LogP contribution in [-0.4, -0.2) is 5.78 Å². The van der Waals surface area contributed by atoms with Crippen molar-refractivity contribution in [2.45, 2.75) is 232 Å². The smallest absolute Gasteiger partial charge is 0.132 e. The van der Waals surface area contributed by atoms with Gasteiger partial charge in [-0.3, -0.25) is 4.79 Å². The molecule has 0 radical (unpaired) electrons. The van der Waals surface area contributed by atoms with Crippen LogP contribution in [0.3, 0.4) is 0 Å². The van der Waals surface area contributed by atoms with Crippen molar-refractivity contribution in [1.29, 1.82) is 0 Å². The Morgan fingerprint density at radius 1 is 0.333 bits per heavy atom. The van der Waals surface area contributed by atoms with E-state index in [1.807, 2.05) is 0 Å². The van der Waals surface area contributed by atoms with E-state index in [4.69, 9.17) is 0 Å². The van der Waals surface area contributed by atoms with Gasteiger partial charge in [-0.1, -0.05) is 199 Å². The Balaban J connectivity index is 3.20. The summed E-state index contributed by atoms with van der Waals surface area (Å²) in [4.78, 5) is 12.2. The molecule has 0 aliphatic heterocycles. The van der Waals surface area contributed by atoms with Gasteiger partial charge in [-0.15, -0.1) is 0 Å². The lowest BCUT2D eigenvalue weighted by Crippen LogP contribution is -1.97. The first-order valence-electron chi connectivity index (χ1n) is 19.6. The quantitative estimate of drug-likeness (QED) is 0.0527. The first-order valence-corrected chi connectivity index (χ1v) is 19.6. The molecule has 0 spiro atoms. The molecule has 0 aromatic rings. The van der Waals surface area contributed by atoms with Crippen molar-refractivity contribution in [3.05, 3.63) is 24.3 Å². The topological polar surface area (TPSA) is 17.1 Å². The highest BCUT2D eigenvalue weighted by atomic mass is 16.1. The minimum absolute atomic E-state index is 0.516. The number of rotatable bonds is 36. The Morgan fingerprint density at radius 2 is 0.595 bits per heavy atom. The molecule has 0 amide bonds. The maximum absolute atomic E-state index is 12.2. The van der Waals surface area contributed by atoms with Gasteiger partial charge < -0.3 is 0 Å². The van der Waals surface area contributed by atoms with Crippen LogP contribution in [0.4, 0.5) is 0 Å². The largest absolute Gasteiger partial charge is 0.300 e. The fraction of sp³-hybridized carbons (Fsp3) is 0.878. The van der Waals surface area contributed by atoms with E-state index in [2.05, 4.69) is 38.2 Å². The molecule has 42 heavy (non-hydrogen) atoms. The molecule has 0 fully saturated rings. The Labute approximate surface area is 266 Å². The summed E-state index contributed by atoms with van der Waals surface area (Å²) in [6, 6.07) is 0. The van der Waals surface area contributed by atoms with E-state index >= 15 is 0 Å². The molecule has 0 aliphatic carbocycles. The van der Waals surface area contributed by atoms with Crippen molar-refractivity contribution in [2.24, 2.45) is 0 Å². The molecule has 248 valence electrons. The number of carbonyl (C=O) groups is 1. The Hall–Kier alpha value is -0.850. The zero-order valence-electron chi connectivity index (χ0n) is 29.3. The minimum atomic E-state index is 0.516. The van der Waals surface area contributed by atoms with Crippen LogP contribution >= 0.6 is 0 Å². The van der Waals surface area contributed by atoms with Crippen LogP contribution in [0.25, 0.3) is 0 Å². The number of hydrogen-bond acceptors (Lipinski definition) is 1. The zero-order chi connectivity index (χ0) is 30.4. The molecule has 0 saturated carbocycles. The maximum Gasteiger partial charge on any atom is 0.132 e. The first-order chi connectivity index (χ1) is 20.8. The molecule has 0 aliphatic rings. The number of hydrogen-bond donors (Lipinski definition) is 0. The second-order valence-electron chi connectivity index (χ2n) is 13.3. The molecule has 0 heterocycles. The van der Waals surface area contributed by atoms with Gasteiger partial charge in [0.2, 0.25) is 0 Å². The van der Waals surface area contributed by atoms with Gasteiger partial charge in [0, 0.05) is 12.8 Å². The molecule has 0 rings (SSSR count). The van der Waals surface area contributed by atoms with E-state index in [9.17, 15) is 4.79 Å². The SMILES string of the molecule is CCCCC/C=C\C/C=C\CCCCCCCCC(=O)CCCCCCCCCCCCCCCCCCCCCC. The summed E-state index contributed by atoms with van der Waals surface area (Å²) < 4.78 is 0. The van der Waals surface area contributed by atoms with Crippen LogP contribution < -0.4 is 0 Å². The van der Waals surface area contributed by atoms with Crippen LogP contribution in [0.15, 0.2) is 24.3 Å². The van der Waals surface area contributed by atoms with Crippen LogP contribution in [0.2, 0.25) is 0 Å². The molecule has 0 saturated heterocycles. The Bertz CT molecular complexity index is 559. The van der Waals surface area contributed by atoms with Crippen LogP contribution in [0.1, 0.15) is 232 Å². The predicted octanol–water partition coefficient (Wildman–Crippen LogP) is 15.0. The van der Waals surface area contributed by atoms with Crippen molar-refractivity contribution in [3.63, 3.8) is 0 Å². The summed E-state index contributed by atoms with van der Waals surface area (Å²) in [6.07, 6.45) is 54.4. The van der Waals surface area contributed by atoms with E-state index in [-0.39, 0.29) is 0 Å². The zero-order valence-corrected chi connectivity index (χ0v) is 29.3. The molecule has 1 heteroatoms. The fourth-order valence-corrected chi connectivity index (χ4v) is 6.01. The summed E-state index contributed by atoms with van der Waals surface area (Å²) in [7, 11) is 0. The van der Waals surface area contributed by atoms with Gasteiger partial charge in [0.1, 0.15) is 5.78 Å². The molecule has 0 unspecified atom stereocenters. The third-order valence-corrected chi connectivity index (χ3v) is 8.97. The maximum atomic E-state index is 12.2. The molecular weight excluding hydrogens is 508 g/mol. The lowest BCUT2D eigenvalue weighted by Gasteiger charge is -2.04. The molecule has 1 nitrogen and oxygen atoms in total. The third kappa shape index (κ3) is 37.2. The van der Waals surface area contributed by atoms with E-state index in [0.717, 1.165) is 32.1 Å². The van der Waals surface area contributed by atoms with Gasteiger partial charge >= 0.3 is 0 Å². The van der Waals surface area contributed by atoms with Gasteiger partial charge in [-0.2, -0.15) is 0 Å². The lowest BCUT2D eigenvalue weighted by molar-refractivity contribution is -0.119. The number of Topliss-reactive ketones (excluding diaryl/α,β-unsaturated/α-hetero) is 1. The molecule has 0 N–H and O–H groups in total. The van der Waals surface area contributed by atoms with Gasteiger partial charge in [0.15, 0.2) is 0 Å². The monoisotopic (exact) mass is 587 g/mol. The summed E-state index contributed by atoms with van der Waals surface area (Å²) in [6.45, 7) is 4.56. The van der Waals surface area contributed by atoms with Crippen LogP contribution in [0, 0.1) is 0 Å². The van der Waals surface area contributed by atoms with Crippen molar-refractivity contribution in [1.82, 2.24) is 0 Å². The molecule has 0 aromatic carbocycles. The van der Waals surface area contributed by atoms with Crippen LogP contribution in [0.5, 0.6) is 0 Å². The summed E-state index contributed by atoms with van der Waals surface area (Å²) in [5.74, 6) is 0.516. The first kappa shape index (κ1) is 41.1. The van der Waals surface area contributed by atoms with Gasteiger partial charge in [-0.25, -0.2) is 0 Å². The van der Waals surface area contributed by atoms with Crippen molar-refractivity contribution >= 4 is 5.78 Å². The van der Waals surface area contributed by atoms with Gasteiger partial charge in [0.25, 0.3) is 0 Å². The molecule has 0 atom stereocenters. The summed E-state index contributed by atoms with van der Waals surface area (Å²) in [5, 5.41) is 0. The third-order valence-electron chi connectivity index (χ3n) is 8.97. The van der Waals surface area contributed by atoms with E-state index in [0.29, 0.717) is 5.78 Å². The standard InChI is InChI=1S/C41H78O/c1-3-5-7-9-11-13-15-17-19-21-22-23-24-26-28-30-32-34-36-38-40-41(42)39-37-35-33-31-29-27-25-20-18-16-14-12-10-8-6-4-2/h12,14,18,20H,3-11,13,15-17,19,21-40H2,1-2H3/b14-12-,20-18-. The lowest BCUT2D eigenvalue weighted by atomic mass is 10.0. The summed E-state index contributed by atoms with van der Waals surface area (Å²) >= 11 is 0. The average molecular weight is 587 g/mol. The normalized spacial score (nSPS) is 11.9. The second-order valence-corrected chi connectivity index (χ2v) is 13.3. The van der Waals surface area contributed by atoms with Crippen LogP contribution in [-0.2, 0) is 4.79 Å². The second kappa shape index (κ2) is 38.2. The number of carbonyl (C=O) groups excluding carboxylic acids is 1. The number of ketones is 1. The predicted molar refractivity (Wildman–Crippen MR) is 192 cm³/mol. The highest BCUT2D eigenvalue weighted by Gasteiger charge is 2.02. The molecule has 0 aromatic heterocycles. The highest BCUT2D eigenvalue weighted by molar-refractivity contribution is 5.78. The van der Waals surface area contributed by atoms with Gasteiger partial charge in [-0.05, 0) is 44.9 Å². The van der Waals surface area contributed by atoms with Gasteiger partial charge in [0.05, 0.1) is 0 Å². The van der Waals surface area contributed by atoms with E-state index in [1.165, 1.54) is 186 Å². The minimum Gasteiger partial charge on any atom is -0.300 e. The number of allylic oxidation sites excluding steroid dienone is 4. The summed E-state index contributed by atoms with van der Waals surface area (Å²) in [5.41, 5.74) is 0. The molecular formula is C41H78O. The average Bonchev–Trinajstić information content (AvgIpc) is 3.00. The van der Waals surface area contributed by atoms with Crippen molar-refractivity contribution in [2.75, 3.05) is 0 Å².